The fourth-order valence-corrected chi connectivity index (χ4v) is 2.60. The lowest BCUT2D eigenvalue weighted by Crippen LogP contribution is -2.10. The van der Waals surface area contributed by atoms with E-state index in [4.69, 9.17) is 20.8 Å². The van der Waals surface area contributed by atoms with Crippen LogP contribution in [-0.4, -0.2) is 23.9 Å². The van der Waals surface area contributed by atoms with Crippen molar-refractivity contribution in [1.29, 1.82) is 0 Å². The fourth-order valence-electron chi connectivity index (χ4n) is 2.41. The van der Waals surface area contributed by atoms with Crippen LogP contribution in [0.5, 0.6) is 5.75 Å². The molecule has 0 saturated heterocycles. The van der Waals surface area contributed by atoms with E-state index in [2.05, 4.69) is 4.99 Å². The molecule has 1 heterocycles. The Hall–Kier alpha value is -3.05. The Kier molecular flexibility index (Phi) is 6.16. The van der Waals surface area contributed by atoms with Gasteiger partial charge in [-0.1, -0.05) is 25.4 Å². The monoisotopic (exact) mass is 397 g/mol. The second-order valence-electron chi connectivity index (χ2n) is 6.66. The highest BCUT2D eigenvalue weighted by Gasteiger charge is 2.15. The average molecular weight is 398 g/mol. The van der Waals surface area contributed by atoms with Gasteiger partial charge in [-0.05, 0) is 60.5 Å². The number of nitrogens with zero attached hydrogens (tertiary/aromatic N) is 1. The Labute approximate surface area is 168 Å². The molecule has 0 amide bonds. The Morgan fingerprint density at radius 3 is 2.64 bits per heavy atom. The number of halogens is 1. The molecule has 0 aliphatic rings. The quantitative estimate of drug-likeness (QED) is 0.417. The van der Waals surface area contributed by atoms with Crippen molar-refractivity contribution in [3.8, 4) is 17.1 Å². The van der Waals surface area contributed by atoms with Crippen LogP contribution < -0.4 is 0 Å². The van der Waals surface area contributed by atoms with Crippen molar-refractivity contribution in [1.82, 2.24) is 0 Å². The number of phenols is 1. The number of ether oxygens (including phenoxy) is 1. The standard InChI is InChI=1S/C22H20ClNO4/c1-14(2)13-27-22(26)19-11-15(3-9-20(19)23)21-10-8-18(28-21)12-24-16-4-6-17(25)7-5-16/h3-12,14,25H,13H2,1-2H3. The maximum absolute atomic E-state index is 12.3. The van der Waals surface area contributed by atoms with Crippen LogP contribution in [0.15, 0.2) is 64.0 Å². The number of hydrogen-bond donors (Lipinski definition) is 1. The molecule has 0 unspecified atom stereocenters. The van der Waals surface area contributed by atoms with Crippen molar-refractivity contribution < 1.29 is 19.1 Å². The summed E-state index contributed by atoms with van der Waals surface area (Å²) < 4.78 is 11.1. The van der Waals surface area contributed by atoms with Gasteiger partial charge in [-0.25, -0.2) is 4.79 Å². The first-order chi connectivity index (χ1) is 13.4. The summed E-state index contributed by atoms with van der Waals surface area (Å²) in [6.07, 6.45) is 1.59. The number of aromatic hydroxyl groups is 1. The van der Waals surface area contributed by atoms with Gasteiger partial charge in [0, 0.05) is 5.56 Å². The van der Waals surface area contributed by atoms with E-state index in [0.717, 1.165) is 0 Å². The number of hydrogen-bond acceptors (Lipinski definition) is 5. The van der Waals surface area contributed by atoms with Crippen molar-refractivity contribution in [3.63, 3.8) is 0 Å². The van der Waals surface area contributed by atoms with Crippen molar-refractivity contribution >= 4 is 29.5 Å². The van der Waals surface area contributed by atoms with Crippen LogP contribution in [-0.2, 0) is 4.74 Å². The van der Waals surface area contributed by atoms with E-state index in [-0.39, 0.29) is 11.7 Å². The summed E-state index contributed by atoms with van der Waals surface area (Å²) in [6.45, 7) is 4.27. The van der Waals surface area contributed by atoms with Gasteiger partial charge >= 0.3 is 5.97 Å². The van der Waals surface area contributed by atoms with Gasteiger partial charge in [0.05, 0.1) is 29.1 Å². The normalized spacial score (nSPS) is 11.3. The first kappa shape index (κ1) is 19.7. The molecule has 0 radical (unpaired) electrons. The first-order valence-corrected chi connectivity index (χ1v) is 9.20. The molecule has 3 aromatic rings. The molecule has 28 heavy (non-hydrogen) atoms. The molecule has 0 fully saturated rings. The third-order valence-corrected chi connectivity index (χ3v) is 4.17. The van der Waals surface area contributed by atoms with E-state index in [1.807, 2.05) is 13.8 Å². The first-order valence-electron chi connectivity index (χ1n) is 8.82. The second kappa shape index (κ2) is 8.76. The molecule has 6 heteroatoms. The Morgan fingerprint density at radius 1 is 1.18 bits per heavy atom. The molecule has 3 rings (SSSR count). The highest BCUT2D eigenvalue weighted by molar-refractivity contribution is 6.33. The molecule has 0 aliphatic heterocycles. The Balaban J connectivity index is 1.78. The van der Waals surface area contributed by atoms with Gasteiger partial charge in [-0.15, -0.1) is 0 Å². The van der Waals surface area contributed by atoms with Crippen molar-refractivity contribution in [2.75, 3.05) is 6.61 Å². The molecule has 144 valence electrons. The van der Waals surface area contributed by atoms with E-state index in [1.54, 1.807) is 60.8 Å². The van der Waals surface area contributed by atoms with Crippen LogP contribution in [0.4, 0.5) is 5.69 Å². The van der Waals surface area contributed by atoms with Crippen LogP contribution >= 0.6 is 11.6 Å². The third kappa shape index (κ3) is 5.02. The van der Waals surface area contributed by atoms with Crippen molar-refractivity contribution in [3.05, 3.63) is 70.9 Å². The van der Waals surface area contributed by atoms with Crippen LogP contribution in [0.2, 0.25) is 5.02 Å². The zero-order valence-corrected chi connectivity index (χ0v) is 16.3. The maximum atomic E-state index is 12.3. The maximum Gasteiger partial charge on any atom is 0.339 e. The number of esters is 1. The fraction of sp³-hybridized carbons (Fsp3) is 0.182. The molecule has 5 nitrogen and oxygen atoms in total. The molecule has 2 aromatic carbocycles. The minimum Gasteiger partial charge on any atom is -0.508 e. The Morgan fingerprint density at radius 2 is 1.93 bits per heavy atom. The van der Waals surface area contributed by atoms with E-state index in [0.29, 0.717) is 40.0 Å². The summed E-state index contributed by atoms with van der Waals surface area (Å²) in [7, 11) is 0. The largest absolute Gasteiger partial charge is 0.508 e. The van der Waals surface area contributed by atoms with Crippen LogP contribution in [0.3, 0.4) is 0 Å². The van der Waals surface area contributed by atoms with Gasteiger partial charge in [0.2, 0.25) is 0 Å². The lowest BCUT2D eigenvalue weighted by atomic mass is 10.1. The summed E-state index contributed by atoms with van der Waals surface area (Å²) in [4.78, 5) is 16.6. The second-order valence-corrected chi connectivity index (χ2v) is 7.07. The smallest absolute Gasteiger partial charge is 0.339 e. The molecule has 1 N–H and O–H groups in total. The zero-order valence-electron chi connectivity index (χ0n) is 15.6. The van der Waals surface area contributed by atoms with Gasteiger partial charge < -0.3 is 14.3 Å². The molecule has 0 aliphatic carbocycles. The van der Waals surface area contributed by atoms with E-state index < -0.39 is 5.97 Å². The molecule has 0 atom stereocenters. The Bertz CT molecular complexity index is 990. The third-order valence-electron chi connectivity index (χ3n) is 3.84. The molecule has 0 spiro atoms. The number of rotatable bonds is 6. The van der Waals surface area contributed by atoms with Gasteiger partial charge in [-0.2, -0.15) is 0 Å². The molecule has 1 aromatic heterocycles. The topological polar surface area (TPSA) is 72.0 Å². The summed E-state index contributed by atoms with van der Waals surface area (Å²) >= 11 is 6.16. The van der Waals surface area contributed by atoms with Gasteiger partial charge in [0.15, 0.2) is 0 Å². The van der Waals surface area contributed by atoms with Crippen LogP contribution in [0.1, 0.15) is 30.0 Å². The van der Waals surface area contributed by atoms with Gasteiger partial charge in [0.1, 0.15) is 17.3 Å². The number of aliphatic imine (C=N–C) groups is 1. The lowest BCUT2D eigenvalue weighted by molar-refractivity contribution is 0.0459. The number of carbonyl (C=O) groups is 1. The molecular weight excluding hydrogens is 378 g/mol. The van der Waals surface area contributed by atoms with E-state index in [9.17, 15) is 9.90 Å². The van der Waals surface area contributed by atoms with Crippen LogP contribution in [0.25, 0.3) is 11.3 Å². The predicted octanol–water partition coefficient (Wildman–Crippen LogP) is 5.87. The average Bonchev–Trinajstić information content (AvgIpc) is 3.15. The van der Waals surface area contributed by atoms with Crippen LogP contribution in [0, 0.1) is 5.92 Å². The summed E-state index contributed by atoms with van der Waals surface area (Å²) in [5, 5.41) is 9.63. The summed E-state index contributed by atoms with van der Waals surface area (Å²) in [6, 6.07) is 15.2. The van der Waals surface area contributed by atoms with Crippen molar-refractivity contribution in [2.45, 2.75) is 13.8 Å². The minimum atomic E-state index is -0.457. The molecule has 0 saturated carbocycles. The van der Waals surface area contributed by atoms with E-state index >= 15 is 0 Å². The highest BCUT2D eigenvalue weighted by Crippen LogP contribution is 2.27. The number of phenolic OH excluding ortho intramolecular Hbond substituents is 1. The minimum absolute atomic E-state index is 0.185. The zero-order chi connectivity index (χ0) is 20.1. The molecule has 0 bridgehead atoms. The summed E-state index contributed by atoms with van der Waals surface area (Å²) in [5.74, 6) is 1.11. The predicted molar refractivity (Wildman–Crippen MR) is 110 cm³/mol. The summed E-state index contributed by atoms with van der Waals surface area (Å²) in [5.41, 5.74) is 1.71. The van der Waals surface area contributed by atoms with E-state index in [1.165, 1.54) is 0 Å². The number of carbonyl (C=O) groups excluding carboxylic acids is 1. The van der Waals surface area contributed by atoms with Gasteiger partial charge in [0.25, 0.3) is 0 Å². The number of furan rings is 1. The van der Waals surface area contributed by atoms with Crippen molar-refractivity contribution in [2.24, 2.45) is 10.9 Å². The molecular formula is C22H20ClNO4. The number of benzene rings is 2. The lowest BCUT2D eigenvalue weighted by Gasteiger charge is -2.09. The SMILES string of the molecule is CC(C)COC(=O)c1cc(-c2ccc(C=Nc3ccc(O)cc3)o2)ccc1Cl. The van der Waals surface area contributed by atoms with Gasteiger partial charge in [-0.3, -0.25) is 4.99 Å². The highest BCUT2D eigenvalue weighted by atomic mass is 35.5.